The highest BCUT2D eigenvalue weighted by Crippen LogP contribution is 2.40. The summed E-state index contributed by atoms with van der Waals surface area (Å²) in [4.78, 5) is 25.6. The predicted octanol–water partition coefficient (Wildman–Crippen LogP) is 2.25. The highest BCUT2D eigenvalue weighted by atomic mass is 16.2. The van der Waals surface area contributed by atoms with Gasteiger partial charge in [0.2, 0.25) is 5.91 Å². The lowest BCUT2D eigenvalue weighted by Crippen LogP contribution is -2.60. The van der Waals surface area contributed by atoms with E-state index in [0.717, 1.165) is 19.3 Å². The molecule has 6 heteroatoms. The molecular weight excluding hydrogens is 304 g/mol. The number of primary amides is 1. The quantitative estimate of drug-likeness (QED) is 0.826. The summed E-state index contributed by atoms with van der Waals surface area (Å²) in [6, 6.07) is 1.85. The number of urea groups is 1. The monoisotopic (exact) mass is 331 g/mol. The molecule has 3 fully saturated rings. The summed E-state index contributed by atoms with van der Waals surface area (Å²) in [7, 11) is 0. The third-order valence-corrected chi connectivity index (χ3v) is 5.98. The minimum absolute atomic E-state index is 0.0282. The largest absolute Gasteiger partial charge is 0.351 e. The minimum atomic E-state index is -0.863. The Bertz CT molecular complexity index is 522. The molecule has 3 N–H and O–H groups in total. The van der Waals surface area contributed by atoms with E-state index in [1.54, 1.807) is 11.3 Å². The molecule has 2 saturated heterocycles. The standard InChI is InChI=1S/C18H27N4O2/c19-12-18(10-14-7-8-15(11-18)22(14)17(20)24)21-16(23)9-6-13-4-2-1-3-5-13/h9,13-15H,1-8,10-11H2,(H2,20,24)(H,21,23). The summed E-state index contributed by atoms with van der Waals surface area (Å²) in [5.41, 5.74) is 4.60. The van der Waals surface area contributed by atoms with E-state index in [1.165, 1.54) is 32.1 Å². The Labute approximate surface area is 143 Å². The van der Waals surface area contributed by atoms with E-state index in [2.05, 4.69) is 11.4 Å². The zero-order valence-corrected chi connectivity index (χ0v) is 14.2. The van der Waals surface area contributed by atoms with Crippen LogP contribution < -0.4 is 11.1 Å². The van der Waals surface area contributed by atoms with Crippen LogP contribution in [0.15, 0.2) is 0 Å². The number of fused-ring (bicyclic) bond motifs is 2. The lowest BCUT2D eigenvalue weighted by atomic mass is 9.83. The number of carbonyl (C=O) groups is 2. The molecule has 0 spiro atoms. The first-order valence-electron chi connectivity index (χ1n) is 9.17. The Kier molecular flexibility index (Phi) is 4.98. The van der Waals surface area contributed by atoms with Crippen molar-refractivity contribution in [3.63, 3.8) is 0 Å². The van der Waals surface area contributed by atoms with Crippen LogP contribution in [0.5, 0.6) is 0 Å². The van der Waals surface area contributed by atoms with E-state index < -0.39 is 11.6 Å². The van der Waals surface area contributed by atoms with Gasteiger partial charge in [0, 0.05) is 31.3 Å². The third kappa shape index (κ3) is 3.50. The molecule has 2 atom stereocenters. The molecule has 24 heavy (non-hydrogen) atoms. The Morgan fingerprint density at radius 3 is 2.33 bits per heavy atom. The Balaban J connectivity index is 1.56. The fraction of sp³-hybridized carbons (Fsp3) is 0.778. The molecule has 2 heterocycles. The number of hydrogen-bond donors (Lipinski definition) is 2. The van der Waals surface area contributed by atoms with Gasteiger partial charge in [0.25, 0.3) is 0 Å². The molecule has 131 valence electrons. The highest BCUT2D eigenvalue weighted by Gasteiger charge is 2.50. The predicted molar refractivity (Wildman–Crippen MR) is 89.4 cm³/mol. The van der Waals surface area contributed by atoms with E-state index in [0.29, 0.717) is 18.8 Å². The Morgan fingerprint density at radius 1 is 1.17 bits per heavy atom. The number of amides is 3. The van der Waals surface area contributed by atoms with Crippen molar-refractivity contribution in [1.29, 1.82) is 5.26 Å². The molecule has 1 aliphatic carbocycles. The topological polar surface area (TPSA) is 99.2 Å². The molecule has 3 amide bonds. The highest BCUT2D eigenvalue weighted by molar-refractivity contribution is 5.85. The van der Waals surface area contributed by atoms with Gasteiger partial charge >= 0.3 is 6.03 Å². The number of rotatable bonds is 4. The van der Waals surface area contributed by atoms with Crippen LogP contribution in [0, 0.1) is 23.7 Å². The maximum atomic E-state index is 12.3. The van der Waals surface area contributed by atoms with Crippen molar-refractivity contribution in [1.82, 2.24) is 10.2 Å². The number of nitriles is 1. The molecule has 3 aliphatic rings. The molecule has 1 radical (unpaired) electrons. The van der Waals surface area contributed by atoms with Crippen molar-refractivity contribution in [2.75, 3.05) is 0 Å². The van der Waals surface area contributed by atoms with Crippen molar-refractivity contribution in [3.8, 4) is 6.07 Å². The fourth-order valence-corrected chi connectivity index (χ4v) is 4.81. The zero-order chi connectivity index (χ0) is 17.2. The van der Waals surface area contributed by atoms with Crippen LogP contribution >= 0.6 is 0 Å². The van der Waals surface area contributed by atoms with Crippen LogP contribution in [0.2, 0.25) is 0 Å². The summed E-state index contributed by atoms with van der Waals surface area (Å²) < 4.78 is 0. The molecule has 2 bridgehead atoms. The average molecular weight is 331 g/mol. The first kappa shape index (κ1) is 17.1. The summed E-state index contributed by atoms with van der Waals surface area (Å²) >= 11 is 0. The summed E-state index contributed by atoms with van der Waals surface area (Å²) in [5.74, 6) is 0.462. The molecule has 0 aromatic rings. The summed E-state index contributed by atoms with van der Waals surface area (Å²) in [6.45, 7) is 0. The number of nitrogens with one attached hydrogen (secondary N) is 1. The number of nitrogens with zero attached hydrogens (tertiary/aromatic N) is 2. The van der Waals surface area contributed by atoms with Crippen LogP contribution in [0.3, 0.4) is 0 Å². The van der Waals surface area contributed by atoms with Crippen molar-refractivity contribution in [2.24, 2.45) is 11.7 Å². The van der Waals surface area contributed by atoms with Gasteiger partial charge < -0.3 is 16.0 Å². The lowest BCUT2D eigenvalue weighted by molar-refractivity contribution is -0.120. The van der Waals surface area contributed by atoms with Gasteiger partial charge in [-0.3, -0.25) is 4.79 Å². The number of hydrogen-bond acceptors (Lipinski definition) is 3. The molecule has 2 unspecified atom stereocenters. The van der Waals surface area contributed by atoms with E-state index >= 15 is 0 Å². The van der Waals surface area contributed by atoms with Crippen LogP contribution in [0.25, 0.3) is 0 Å². The molecule has 0 aromatic heterocycles. The Morgan fingerprint density at radius 2 is 1.79 bits per heavy atom. The van der Waals surface area contributed by atoms with Crippen molar-refractivity contribution >= 4 is 11.9 Å². The fourth-order valence-electron chi connectivity index (χ4n) is 4.81. The van der Waals surface area contributed by atoms with Gasteiger partial charge in [0.05, 0.1) is 6.07 Å². The number of piperidine rings is 1. The van der Waals surface area contributed by atoms with Gasteiger partial charge in [-0.05, 0) is 25.2 Å². The van der Waals surface area contributed by atoms with Gasteiger partial charge in [-0.25, -0.2) is 4.79 Å². The number of carbonyl (C=O) groups excluding carboxylic acids is 2. The third-order valence-electron chi connectivity index (χ3n) is 5.98. The van der Waals surface area contributed by atoms with Gasteiger partial charge in [0.15, 0.2) is 0 Å². The summed E-state index contributed by atoms with van der Waals surface area (Å²) in [6.07, 6.45) is 11.4. The van der Waals surface area contributed by atoms with Crippen LogP contribution in [0.1, 0.15) is 64.2 Å². The van der Waals surface area contributed by atoms with E-state index in [-0.39, 0.29) is 18.0 Å². The zero-order valence-electron chi connectivity index (χ0n) is 14.2. The molecule has 1 saturated carbocycles. The van der Waals surface area contributed by atoms with Crippen LogP contribution in [-0.4, -0.2) is 34.5 Å². The van der Waals surface area contributed by atoms with E-state index in [4.69, 9.17) is 5.73 Å². The molecular formula is C18H27N4O2. The maximum absolute atomic E-state index is 12.3. The first-order chi connectivity index (χ1) is 11.5. The smallest absolute Gasteiger partial charge is 0.315 e. The van der Waals surface area contributed by atoms with Crippen LogP contribution in [0.4, 0.5) is 4.79 Å². The average Bonchev–Trinajstić information content (AvgIpc) is 2.86. The van der Waals surface area contributed by atoms with Gasteiger partial charge in [-0.15, -0.1) is 0 Å². The second kappa shape index (κ2) is 7.00. The van der Waals surface area contributed by atoms with Gasteiger partial charge in [0.1, 0.15) is 5.54 Å². The van der Waals surface area contributed by atoms with Gasteiger partial charge in [-0.1, -0.05) is 32.1 Å². The molecule has 2 aliphatic heterocycles. The lowest BCUT2D eigenvalue weighted by Gasteiger charge is -2.42. The van der Waals surface area contributed by atoms with Crippen molar-refractivity contribution in [3.05, 3.63) is 6.42 Å². The second-order valence-electron chi connectivity index (χ2n) is 7.67. The number of nitrogens with two attached hydrogens (primary N) is 1. The van der Waals surface area contributed by atoms with Crippen molar-refractivity contribution in [2.45, 2.75) is 81.8 Å². The van der Waals surface area contributed by atoms with Crippen LogP contribution in [-0.2, 0) is 4.79 Å². The van der Waals surface area contributed by atoms with Gasteiger partial charge in [-0.2, -0.15) is 5.26 Å². The van der Waals surface area contributed by atoms with Crippen molar-refractivity contribution < 1.29 is 9.59 Å². The molecule has 0 aromatic carbocycles. The van der Waals surface area contributed by atoms with E-state index in [9.17, 15) is 14.9 Å². The Hall–Kier alpha value is -1.77. The molecule has 6 nitrogen and oxygen atoms in total. The summed E-state index contributed by atoms with van der Waals surface area (Å²) in [5, 5.41) is 12.6. The van der Waals surface area contributed by atoms with E-state index in [1.807, 2.05) is 0 Å². The normalized spacial score (nSPS) is 33.0. The minimum Gasteiger partial charge on any atom is -0.351 e. The first-order valence-corrected chi connectivity index (χ1v) is 9.17. The second-order valence-corrected chi connectivity index (χ2v) is 7.67. The maximum Gasteiger partial charge on any atom is 0.315 e. The molecule has 3 rings (SSSR count). The SMILES string of the molecule is N#CC1(NC(=O)[CH]CC2CCCCC2)CC2CCC(C1)N2C(N)=O.